The summed E-state index contributed by atoms with van der Waals surface area (Å²) in [6, 6.07) is 8.57. The van der Waals surface area contributed by atoms with Gasteiger partial charge < -0.3 is 14.3 Å². The van der Waals surface area contributed by atoms with E-state index in [2.05, 4.69) is 5.16 Å². The van der Waals surface area contributed by atoms with Gasteiger partial charge in [-0.1, -0.05) is 54.3 Å². The lowest BCUT2D eigenvalue weighted by Crippen LogP contribution is -2.06. The van der Waals surface area contributed by atoms with Crippen LogP contribution in [-0.4, -0.2) is 26.0 Å². The molecule has 180 valence electrons. The molecule has 0 amide bonds. The fourth-order valence-electron chi connectivity index (χ4n) is 2.92. The molecular weight excluding hydrogens is 478 g/mol. The second-order valence-corrected chi connectivity index (χ2v) is 7.98. The molecule has 0 saturated carbocycles. The van der Waals surface area contributed by atoms with Crippen LogP contribution in [0.5, 0.6) is 11.5 Å². The number of nitrogens with zero attached hydrogens (tertiary/aromatic N) is 1. The SMILES string of the molecule is CCc1cc(OCC=C(Cl)Cl)cc(CC)c1OCCCON=Cc1ccc(C(F)(F)F)cc1. The van der Waals surface area contributed by atoms with Crippen LogP contribution in [0.1, 0.15) is 42.5 Å². The molecule has 0 spiro atoms. The lowest BCUT2D eigenvalue weighted by molar-refractivity contribution is -0.137. The Morgan fingerprint density at radius 3 is 2.15 bits per heavy atom. The Morgan fingerprint density at radius 2 is 1.61 bits per heavy atom. The second-order valence-electron chi connectivity index (χ2n) is 6.97. The fourth-order valence-corrected chi connectivity index (χ4v) is 3.05. The van der Waals surface area contributed by atoms with Crippen LogP contribution in [0.15, 0.2) is 52.1 Å². The summed E-state index contributed by atoms with van der Waals surface area (Å²) in [5.74, 6) is 1.56. The third-order valence-corrected chi connectivity index (χ3v) is 4.92. The molecule has 0 heterocycles. The molecule has 4 nitrogen and oxygen atoms in total. The molecule has 0 aliphatic carbocycles. The number of alkyl halides is 3. The van der Waals surface area contributed by atoms with E-state index in [9.17, 15) is 13.2 Å². The second kappa shape index (κ2) is 13.4. The number of oxime groups is 1. The van der Waals surface area contributed by atoms with E-state index in [1.807, 2.05) is 26.0 Å². The number of benzene rings is 2. The maximum atomic E-state index is 12.6. The van der Waals surface area contributed by atoms with Crippen LogP contribution in [0, 0.1) is 0 Å². The van der Waals surface area contributed by atoms with Crippen LogP contribution in [0.4, 0.5) is 13.2 Å². The topological polar surface area (TPSA) is 40.0 Å². The van der Waals surface area contributed by atoms with Crippen molar-refractivity contribution in [1.82, 2.24) is 0 Å². The van der Waals surface area contributed by atoms with Gasteiger partial charge in [0.25, 0.3) is 0 Å². The van der Waals surface area contributed by atoms with Crippen molar-refractivity contribution in [3.05, 3.63) is 69.2 Å². The minimum absolute atomic E-state index is 0.160. The average molecular weight is 504 g/mol. The van der Waals surface area contributed by atoms with E-state index in [0.717, 1.165) is 47.6 Å². The van der Waals surface area contributed by atoms with Gasteiger partial charge in [-0.3, -0.25) is 0 Å². The Labute approximate surface area is 201 Å². The third kappa shape index (κ3) is 9.18. The Morgan fingerprint density at radius 1 is 0.970 bits per heavy atom. The van der Waals surface area contributed by atoms with Gasteiger partial charge in [-0.25, -0.2) is 0 Å². The van der Waals surface area contributed by atoms with Gasteiger partial charge in [0.2, 0.25) is 0 Å². The molecule has 0 radical (unpaired) electrons. The smallest absolute Gasteiger partial charge is 0.416 e. The molecule has 0 bridgehead atoms. The minimum Gasteiger partial charge on any atom is -0.493 e. The Kier molecular flexibility index (Phi) is 10.9. The van der Waals surface area contributed by atoms with Crippen molar-refractivity contribution >= 4 is 29.4 Å². The Bertz CT molecular complexity index is 916. The summed E-state index contributed by atoms with van der Waals surface area (Å²) in [4.78, 5) is 5.19. The standard InChI is InChI=1S/C24H26Cl2F3NO3/c1-3-18-14-21(31-13-10-22(25)26)15-19(4-2)23(18)32-11-5-12-33-30-16-17-6-8-20(9-7-17)24(27,28)29/h6-10,14-16H,3-5,11-13H2,1-2H3. The Hall–Kier alpha value is -2.38. The lowest BCUT2D eigenvalue weighted by atomic mass is 10.0. The zero-order chi connectivity index (χ0) is 24.3. The average Bonchev–Trinajstić information content (AvgIpc) is 2.78. The predicted octanol–water partition coefficient (Wildman–Crippen LogP) is 7.35. The van der Waals surface area contributed by atoms with Crippen molar-refractivity contribution in [1.29, 1.82) is 0 Å². The van der Waals surface area contributed by atoms with E-state index >= 15 is 0 Å². The van der Waals surface area contributed by atoms with Gasteiger partial charge in [-0.05, 0) is 59.9 Å². The molecule has 2 aromatic rings. The summed E-state index contributed by atoms with van der Waals surface area (Å²) in [5.41, 5.74) is 1.88. The van der Waals surface area contributed by atoms with Gasteiger partial charge in [-0.15, -0.1) is 0 Å². The number of halogens is 5. The number of hydrogen-bond donors (Lipinski definition) is 0. The molecular formula is C24H26Cl2F3NO3. The zero-order valence-electron chi connectivity index (χ0n) is 18.4. The summed E-state index contributed by atoms with van der Waals surface area (Å²) in [5, 5.41) is 3.80. The van der Waals surface area contributed by atoms with Gasteiger partial charge in [0, 0.05) is 6.42 Å². The van der Waals surface area contributed by atoms with E-state index in [-0.39, 0.29) is 11.1 Å². The molecule has 33 heavy (non-hydrogen) atoms. The highest BCUT2D eigenvalue weighted by Gasteiger charge is 2.29. The molecule has 0 unspecified atom stereocenters. The highest BCUT2D eigenvalue weighted by Crippen LogP contribution is 2.31. The number of rotatable bonds is 12. The maximum Gasteiger partial charge on any atom is 0.416 e. The highest BCUT2D eigenvalue weighted by molar-refractivity contribution is 6.55. The molecule has 0 aliphatic rings. The summed E-state index contributed by atoms with van der Waals surface area (Å²) in [7, 11) is 0. The van der Waals surface area contributed by atoms with Crippen LogP contribution < -0.4 is 9.47 Å². The van der Waals surface area contributed by atoms with Crippen molar-refractivity contribution < 1.29 is 27.5 Å². The molecule has 2 rings (SSSR count). The first-order chi connectivity index (χ1) is 15.7. The summed E-state index contributed by atoms with van der Waals surface area (Å²) in [6.45, 7) is 5.10. The lowest BCUT2D eigenvalue weighted by Gasteiger charge is -2.17. The fraction of sp³-hybridized carbons (Fsp3) is 0.375. The normalized spacial score (nSPS) is 11.5. The van der Waals surface area contributed by atoms with Gasteiger partial charge in [0.1, 0.15) is 29.2 Å². The van der Waals surface area contributed by atoms with Gasteiger partial charge in [0.05, 0.1) is 18.4 Å². The quantitative estimate of drug-likeness (QED) is 0.172. The minimum atomic E-state index is -4.36. The van der Waals surface area contributed by atoms with Gasteiger partial charge >= 0.3 is 6.18 Å². The molecule has 0 aliphatic heterocycles. The van der Waals surface area contributed by atoms with Gasteiger partial charge in [0.15, 0.2) is 0 Å². The first-order valence-electron chi connectivity index (χ1n) is 10.5. The number of aryl methyl sites for hydroxylation is 2. The van der Waals surface area contributed by atoms with Crippen molar-refractivity contribution in [3.8, 4) is 11.5 Å². The molecule has 0 fully saturated rings. The first kappa shape index (κ1) is 26.9. The molecule has 0 atom stereocenters. The van der Waals surface area contributed by atoms with Crippen molar-refractivity contribution in [2.75, 3.05) is 19.8 Å². The van der Waals surface area contributed by atoms with Crippen molar-refractivity contribution in [2.45, 2.75) is 39.3 Å². The summed E-state index contributed by atoms with van der Waals surface area (Å²) in [6.07, 6.45) is 0.735. The molecule has 0 aromatic heterocycles. The Balaban J connectivity index is 1.83. The summed E-state index contributed by atoms with van der Waals surface area (Å²) >= 11 is 11.2. The van der Waals surface area contributed by atoms with Crippen molar-refractivity contribution in [3.63, 3.8) is 0 Å². The largest absolute Gasteiger partial charge is 0.493 e. The first-order valence-corrected chi connectivity index (χ1v) is 11.2. The van der Waals surface area contributed by atoms with E-state index in [0.29, 0.717) is 25.2 Å². The van der Waals surface area contributed by atoms with E-state index in [1.165, 1.54) is 18.3 Å². The molecule has 2 aromatic carbocycles. The third-order valence-electron chi connectivity index (χ3n) is 4.61. The van der Waals surface area contributed by atoms with E-state index in [1.54, 1.807) is 6.08 Å². The van der Waals surface area contributed by atoms with Crippen LogP contribution in [0.25, 0.3) is 0 Å². The monoisotopic (exact) mass is 503 g/mol. The highest BCUT2D eigenvalue weighted by atomic mass is 35.5. The maximum absolute atomic E-state index is 12.6. The number of ether oxygens (including phenoxy) is 2. The molecule has 0 N–H and O–H groups in total. The van der Waals surface area contributed by atoms with E-state index < -0.39 is 11.7 Å². The van der Waals surface area contributed by atoms with E-state index in [4.69, 9.17) is 37.5 Å². The van der Waals surface area contributed by atoms with Crippen LogP contribution in [-0.2, 0) is 23.9 Å². The zero-order valence-corrected chi connectivity index (χ0v) is 19.9. The van der Waals surface area contributed by atoms with Gasteiger partial charge in [-0.2, -0.15) is 13.2 Å². The van der Waals surface area contributed by atoms with Crippen LogP contribution in [0.2, 0.25) is 0 Å². The van der Waals surface area contributed by atoms with Crippen LogP contribution in [0.3, 0.4) is 0 Å². The number of hydrogen-bond acceptors (Lipinski definition) is 4. The van der Waals surface area contributed by atoms with Crippen molar-refractivity contribution in [2.24, 2.45) is 5.16 Å². The molecule has 0 saturated heterocycles. The predicted molar refractivity (Wildman–Crippen MR) is 126 cm³/mol. The summed E-state index contributed by atoms with van der Waals surface area (Å²) < 4.78 is 49.6. The molecule has 9 heteroatoms. The van der Waals surface area contributed by atoms with Crippen LogP contribution >= 0.6 is 23.2 Å².